The van der Waals surface area contributed by atoms with Crippen molar-refractivity contribution in [2.75, 3.05) is 6.61 Å². The van der Waals surface area contributed by atoms with Crippen molar-refractivity contribution in [3.8, 4) is 5.75 Å². The first-order chi connectivity index (χ1) is 9.29. The third-order valence-corrected chi connectivity index (χ3v) is 2.86. The Morgan fingerprint density at radius 2 is 2.00 bits per heavy atom. The van der Waals surface area contributed by atoms with Crippen molar-refractivity contribution in [2.45, 2.75) is 26.2 Å². The van der Waals surface area contributed by atoms with Gasteiger partial charge in [0.25, 0.3) is 0 Å². The summed E-state index contributed by atoms with van der Waals surface area (Å²) in [6, 6.07) is 10.9. The number of furan rings is 1. The van der Waals surface area contributed by atoms with Gasteiger partial charge in [0, 0.05) is 5.56 Å². The molecule has 0 saturated carbocycles. The summed E-state index contributed by atoms with van der Waals surface area (Å²) in [5.74, 6) is 1.55. The molecule has 19 heavy (non-hydrogen) atoms. The molecule has 2 rings (SSSR count). The molecule has 1 aromatic heterocycles. The fourth-order valence-electron chi connectivity index (χ4n) is 1.74. The third-order valence-electron chi connectivity index (χ3n) is 2.86. The molecule has 100 valence electrons. The van der Waals surface area contributed by atoms with Crippen LogP contribution in [0.15, 0.2) is 47.1 Å². The maximum absolute atomic E-state index is 12.0. The van der Waals surface area contributed by atoms with Crippen LogP contribution in [0, 0.1) is 0 Å². The number of hydrogen-bond donors (Lipinski definition) is 0. The molecule has 1 aromatic carbocycles. The highest BCUT2D eigenvalue weighted by Gasteiger charge is 2.08. The number of rotatable bonds is 7. The molecule has 0 spiro atoms. The number of carbonyl (C=O) groups is 1. The van der Waals surface area contributed by atoms with Crippen LogP contribution in [-0.2, 0) is 6.42 Å². The Kier molecular flexibility index (Phi) is 4.78. The van der Waals surface area contributed by atoms with Crippen LogP contribution in [0.25, 0.3) is 0 Å². The predicted octanol–water partition coefficient (Wildman–Crippen LogP) is 3.88. The van der Waals surface area contributed by atoms with Crippen LogP contribution in [0.4, 0.5) is 0 Å². The molecule has 0 N–H and O–H groups in total. The van der Waals surface area contributed by atoms with Gasteiger partial charge in [0.05, 0.1) is 19.3 Å². The van der Waals surface area contributed by atoms with E-state index < -0.39 is 0 Å². The molecule has 0 aliphatic rings. The predicted molar refractivity (Wildman–Crippen MR) is 73.6 cm³/mol. The SMILES string of the molecule is CCCCOc1ccc(C(=O)Cc2ccco2)cc1. The molecule has 0 atom stereocenters. The molecular formula is C16H18O3. The largest absolute Gasteiger partial charge is 0.494 e. The molecule has 3 heteroatoms. The minimum Gasteiger partial charge on any atom is -0.494 e. The second-order valence-electron chi connectivity index (χ2n) is 4.41. The van der Waals surface area contributed by atoms with Crippen molar-refractivity contribution >= 4 is 5.78 Å². The molecular weight excluding hydrogens is 240 g/mol. The van der Waals surface area contributed by atoms with Crippen molar-refractivity contribution in [1.29, 1.82) is 0 Å². The molecule has 2 aromatic rings. The van der Waals surface area contributed by atoms with Crippen LogP contribution < -0.4 is 4.74 Å². The second-order valence-corrected chi connectivity index (χ2v) is 4.41. The maximum atomic E-state index is 12.0. The van der Waals surface area contributed by atoms with Crippen molar-refractivity contribution in [1.82, 2.24) is 0 Å². The van der Waals surface area contributed by atoms with Crippen LogP contribution in [-0.4, -0.2) is 12.4 Å². The van der Waals surface area contributed by atoms with E-state index in [1.54, 1.807) is 30.5 Å². The Labute approximate surface area is 113 Å². The topological polar surface area (TPSA) is 39.4 Å². The van der Waals surface area contributed by atoms with Crippen LogP contribution in [0.2, 0.25) is 0 Å². The first-order valence-corrected chi connectivity index (χ1v) is 6.58. The monoisotopic (exact) mass is 258 g/mol. The fourth-order valence-corrected chi connectivity index (χ4v) is 1.74. The highest BCUT2D eigenvalue weighted by atomic mass is 16.5. The number of Topliss-reactive ketones (excluding diaryl/α,β-unsaturated/α-hetero) is 1. The number of ether oxygens (including phenoxy) is 1. The lowest BCUT2D eigenvalue weighted by Crippen LogP contribution is -2.03. The van der Waals surface area contributed by atoms with Gasteiger partial charge in [-0.05, 0) is 42.8 Å². The number of unbranched alkanes of at least 4 members (excludes halogenated alkanes) is 1. The highest BCUT2D eigenvalue weighted by molar-refractivity contribution is 5.97. The van der Waals surface area contributed by atoms with Crippen molar-refractivity contribution < 1.29 is 13.9 Å². The Hall–Kier alpha value is -2.03. The lowest BCUT2D eigenvalue weighted by molar-refractivity contribution is 0.0987. The number of ketones is 1. The zero-order valence-corrected chi connectivity index (χ0v) is 11.1. The molecule has 0 bridgehead atoms. The van der Waals surface area contributed by atoms with Gasteiger partial charge in [-0.3, -0.25) is 4.79 Å². The summed E-state index contributed by atoms with van der Waals surface area (Å²) in [4.78, 5) is 12.0. The van der Waals surface area contributed by atoms with Crippen molar-refractivity contribution in [3.63, 3.8) is 0 Å². The van der Waals surface area contributed by atoms with Crippen LogP contribution in [0.3, 0.4) is 0 Å². The van der Waals surface area contributed by atoms with Gasteiger partial charge in [-0.2, -0.15) is 0 Å². The Bertz CT molecular complexity index is 497. The van der Waals surface area contributed by atoms with Crippen LogP contribution >= 0.6 is 0 Å². The van der Waals surface area contributed by atoms with E-state index in [-0.39, 0.29) is 5.78 Å². The number of benzene rings is 1. The van der Waals surface area contributed by atoms with E-state index in [4.69, 9.17) is 9.15 Å². The summed E-state index contributed by atoms with van der Waals surface area (Å²) >= 11 is 0. The van der Waals surface area contributed by atoms with Crippen LogP contribution in [0.1, 0.15) is 35.9 Å². The van der Waals surface area contributed by atoms with Crippen LogP contribution in [0.5, 0.6) is 5.75 Å². The summed E-state index contributed by atoms with van der Waals surface area (Å²) in [7, 11) is 0. The minimum atomic E-state index is 0.0510. The van der Waals surface area contributed by atoms with E-state index in [2.05, 4.69) is 6.92 Å². The summed E-state index contributed by atoms with van der Waals surface area (Å²) in [6.07, 6.45) is 4.02. The molecule has 3 nitrogen and oxygen atoms in total. The molecule has 1 heterocycles. The van der Waals surface area contributed by atoms with Gasteiger partial charge in [0.15, 0.2) is 5.78 Å². The molecule has 0 fully saturated rings. The Morgan fingerprint density at radius 3 is 2.63 bits per heavy atom. The molecule has 0 unspecified atom stereocenters. The lowest BCUT2D eigenvalue weighted by Gasteiger charge is -2.05. The van der Waals surface area contributed by atoms with E-state index in [0.29, 0.717) is 17.7 Å². The maximum Gasteiger partial charge on any atom is 0.170 e. The summed E-state index contributed by atoms with van der Waals surface area (Å²) in [5, 5.41) is 0. The minimum absolute atomic E-state index is 0.0510. The summed E-state index contributed by atoms with van der Waals surface area (Å²) in [5.41, 5.74) is 0.680. The second kappa shape index (κ2) is 6.78. The van der Waals surface area contributed by atoms with Crippen molar-refractivity contribution in [3.05, 3.63) is 54.0 Å². The Morgan fingerprint density at radius 1 is 1.21 bits per heavy atom. The van der Waals surface area contributed by atoms with Gasteiger partial charge in [-0.1, -0.05) is 13.3 Å². The van der Waals surface area contributed by atoms with E-state index in [1.807, 2.05) is 12.1 Å². The van der Waals surface area contributed by atoms with E-state index >= 15 is 0 Å². The quantitative estimate of drug-likeness (QED) is 0.559. The average Bonchev–Trinajstić information content (AvgIpc) is 2.93. The molecule has 0 aliphatic heterocycles. The lowest BCUT2D eigenvalue weighted by atomic mass is 10.1. The Balaban J connectivity index is 1.92. The van der Waals surface area contributed by atoms with E-state index in [9.17, 15) is 4.79 Å². The zero-order valence-electron chi connectivity index (χ0n) is 11.1. The number of carbonyl (C=O) groups excluding carboxylic acids is 1. The van der Waals surface area contributed by atoms with Gasteiger partial charge in [0.2, 0.25) is 0 Å². The molecule has 0 amide bonds. The average molecular weight is 258 g/mol. The highest BCUT2D eigenvalue weighted by Crippen LogP contribution is 2.15. The van der Waals surface area contributed by atoms with Gasteiger partial charge in [0.1, 0.15) is 11.5 Å². The fraction of sp³-hybridized carbons (Fsp3) is 0.312. The van der Waals surface area contributed by atoms with E-state index in [0.717, 1.165) is 25.2 Å². The summed E-state index contributed by atoms with van der Waals surface area (Å²) in [6.45, 7) is 2.84. The normalized spacial score (nSPS) is 10.4. The van der Waals surface area contributed by atoms with E-state index in [1.165, 1.54) is 0 Å². The molecule has 0 saturated heterocycles. The first-order valence-electron chi connectivity index (χ1n) is 6.58. The van der Waals surface area contributed by atoms with Gasteiger partial charge in [-0.15, -0.1) is 0 Å². The van der Waals surface area contributed by atoms with Gasteiger partial charge >= 0.3 is 0 Å². The zero-order chi connectivity index (χ0) is 13.5. The molecule has 0 radical (unpaired) electrons. The molecule has 0 aliphatic carbocycles. The summed E-state index contributed by atoms with van der Waals surface area (Å²) < 4.78 is 10.7. The standard InChI is InChI=1S/C16H18O3/c1-2-3-10-18-14-8-6-13(7-9-14)16(17)12-15-5-4-11-19-15/h4-9,11H,2-3,10,12H2,1H3. The third kappa shape index (κ3) is 3.98. The van der Waals surface area contributed by atoms with Gasteiger partial charge < -0.3 is 9.15 Å². The van der Waals surface area contributed by atoms with Crippen molar-refractivity contribution in [2.24, 2.45) is 0 Å². The van der Waals surface area contributed by atoms with Gasteiger partial charge in [-0.25, -0.2) is 0 Å². The number of hydrogen-bond acceptors (Lipinski definition) is 3. The first kappa shape index (κ1) is 13.4. The smallest absolute Gasteiger partial charge is 0.170 e.